The maximum atomic E-state index is 6.12. The van der Waals surface area contributed by atoms with Crippen LogP contribution in [0.4, 0.5) is 17.1 Å². The summed E-state index contributed by atoms with van der Waals surface area (Å²) < 4.78 is 5.36. The Kier molecular flexibility index (Phi) is 3.35. The molecule has 0 amide bonds. The van der Waals surface area contributed by atoms with Crippen LogP contribution in [-0.4, -0.2) is 17.3 Å². The monoisotopic (exact) mass is 302 g/mol. The maximum Gasteiger partial charge on any atom is 0.143 e. The second kappa shape index (κ2) is 5.18. The first-order valence-electron chi connectivity index (χ1n) is 6.42. The summed E-state index contributed by atoms with van der Waals surface area (Å²) in [5.74, 6) is 0.662. The van der Waals surface area contributed by atoms with Gasteiger partial charge in [0.25, 0.3) is 0 Å². The van der Waals surface area contributed by atoms with Gasteiger partial charge in [0.2, 0.25) is 0 Å². The minimum absolute atomic E-state index is 0.638. The number of aromatic amines is 1. The molecule has 0 aliphatic rings. The van der Waals surface area contributed by atoms with Crippen LogP contribution in [0.25, 0.3) is 10.9 Å². The molecule has 5 nitrogen and oxygen atoms in total. The van der Waals surface area contributed by atoms with Crippen molar-refractivity contribution in [1.29, 1.82) is 0 Å². The highest BCUT2D eigenvalue weighted by molar-refractivity contribution is 6.31. The first-order chi connectivity index (χ1) is 10.1. The zero-order chi connectivity index (χ0) is 15.0. The molecular weight excluding hydrogens is 288 g/mol. The van der Waals surface area contributed by atoms with Gasteiger partial charge in [0.15, 0.2) is 0 Å². The fraction of sp³-hybridized carbons (Fsp3) is 0.133. The number of anilines is 3. The van der Waals surface area contributed by atoms with Crippen LogP contribution in [0.1, 0.15) is 5.56 Å². The van der Waals surface area contributed by atoms with E-state index < -0.39 is 0 Å². The molecule has 0 saturated heterocycles. The van der Waals surface area contributed by atoms with Gasteiger partial charge in [-0.05, 0) is 30.7 Å². The Morgan fingerprint density at radius 1 is 1.24 bits per heavy atom. The van der Waals surface area contributed by atoms with Crippen LogP contribution in [0.3, 0.4) is 0 Å². The maximum absolute atomic E-state index is 6.12. The molecule has 0 radical (unpaired) electrons. The van der Waals surface area contributed by atoms with E-state index in [0.717, 1.165) is 27.8 Å². The normalized spacial score (nSPS) is 10.8. The van der Waals surface area contributed by atoms with Crippen LogP contribution in [0.5, 0.6) is 5.75 Å². The fourth-order valence-electron chi connectivity index (χ4n) is 2.19. The van der Waals surface area contributed by atoms with Crippen LogP contribution < -0.4 is 15.8 Å². The second-order valence-electron chi connectivity index (χ2n) is 4.82. The SMILES string of the molecule is COc1cc(Cl)c(C)cc1Nc1cc2[nH]ncc2cc1N. The number of nitrogens with zero attached hydrogens (tertiary/aromatic N) is 1. The minimum Gasteiger partial charge on any atom is -0.495 e. The zero-order valence-corrected chi connectivity index (χ0v) is 12.5. The van der Waals surface area contributed by atoms with E-state index in [9.17, 15) is 0 Å². The third-order valence-electron chi connectivity index (χ3n) is 3.36. The van der Waals surface area contributed by atoms with E-state index in [1.54, 1.807) is 19.4 Å². The summed E-state index contributed by atoms with van der Waals surface area (Å²) in [7, 11) is 1.60. The molecule has 0 fully saturated rings. The van der Waals surface area contributed by atoms with Gasteiger partial charge in [-0.3, -0.25) is 5.10 Å². The first kappa shape index (κ1) is 13.6. The van der Waals surface area contributed by atoms with Gasteiger partial charge in [-0.15, -0.1) is 0 Å². The van der Waals surface area contributed by atoms with Gasteiger partial charge in [-0.25, -0.2) is 0 Å². The Labute approximate surface area is 127 Å². The Morgan fingerprint density at radius 2 is 2.05 bits per heavy atom. The van der Waals surface area contributed by atoms with Crippen LogP contribution in [0, 0.1) is 6.92 Å². The van der Waals surface area contributed by atoms with E-state index in [0.29, 0.717) is 16.5 Å². The number of aromatic nitrogens is 2. The van der Waals surface area contributed by atoms with E-state index in [4.69, 9.17) is 22.1 Å². The van der Waals surface area contributed by atoms with Gasteiger partial charge < -0.3 is 15.8 Å². The lowest BCUT2D eigenvalue weighted by molar-refractivity contribution is 0.417. The summed E-state index contributed by atoms with van der Waals surface area (Å²) in [5.41, 5.74) is 10.2. The number of aryl methyl sites for hydroxylation is 1. The summed E-state index contributed by atoms with van der Waals surface area (Å²) in [6.07, 6.45) is 1.74. The Balaban J connectivity index is 2.05. The molecule has 0 bridgehead atoms. The van der Waals surface area contributed by atoms with Gasteiger partial charge in [0.05, 0.1) is 35.9 Å². The molecule has 0 spiro atoms. The van der Waals surface area contributed by atoms with Crippen LogP contribution in [-0.2, 0) is 0 Å². The fourth-order valence-corrected chi connectivity index (χ4v) is 2.35. The third-order valence-corrected chi connectivity index (χ3v) is 3.77. The number of hydrogen-bond donors (Lipinski definition) is 3. The van der Waals surface area contributed by atoms with Crippen molar-refractivity contribution in [1.82, 2.24) is 10.2 Å². The van der Waals surface area contributed by atoms with Gasteiger partial charge in [-0.2, -0.15) is 5.10 Å². The molecule has 1 heterocycles. The van der Waals surface area contributed by atoms with Crippen molar-refractivity contribution in [2.75, 3.05) is 18.2 Å². The molecule has 21 heavy (non-hydrogen) atoms. The lowest BCUT2D eigenvalue weighted by atomic mass is 10.1. The molecule has 2 aromatic carbocycles. The topological polar surface area (TPSA) is 76.0 Å². The van der Waals surface area contributed by atoms with E-state index in [1.165, 1.54) is 0 Å². The van der Waals surface area contributed by atoms with Crippen molar-refractivity contribution in [2.24, 2.45) is 0 Å². The smallest absolute Gasteiger partial charge is 0.143 e. The van der Waals surface area contributed by atoms with Gasteiger partial charge >= 0.3 is 0 Å². The van der Waals surface area contributed by atoms with Gasteiger partial charge in [-0.1, -0.05) is 11.6 Å². The number of benzene rings is 2. The van der Waals surface area contributed by atoms with Crippen LogP contribution in [0.2, 0.25) is 5.02 Å². The Bertz CT molecular complexity index is 813. The highest BCUT2D eigenvalue weighted by Gasteiger charge is 2.10. The zero-order valence-electron chi connectivity index (χ0n) is 11.7. The number of H-pyrrole nitrogens is 1. The predicted octanol–water partition coefficient (Wildman–Crippen LogP) is 3.86. The molecule has 108 valence electrons. The molecule has 3 rings (SSSR count). The highest BCUT2D eigenvalue weighted by Crippen LogP contribution is 2.35. The minimum atomic E-state index is 0.638. The molecule has 6 heteroatoms. The summed E-state index contributed by atoms with van der Waals surface area (Å²) in [6, 6.07) is 7.50. The van der Waals surface area contributed by atoms with Gasteiger partial charge in [0.1, 0.15) is 5.75 Å². The van der Waals surface area contributed by atoms with Crippen molar-refractivity contribution >= 4 is 39.6 Å². The number of hydrogen-bond acceptors (Lipinski definition) is 4. The van der Waals surface area contributed by atoms with Crippen molar-refractivity contribution in [3.05, 3.63) is 41.0 Å². The number of nitrogens with one attached hydrogen (secondary N) is 2. The lowest BCUT2D eigenvalue weighted by Crippen LogP contribution is -1.99. The average molecular weight is 303 g/mol. The molecular formula is C15H15ClN4O. The van der Waals surface area contributed by atoms with E-state index in [2.05, 4.69) is 15.5 Å². The molecule has 1 aromatic heterocycles. The van der Waals surface area contributed by atoms with Crippen molar-refractivity contribution in [3.63, 3.8) is 0 Å². The third kappa shape index (κ3) is 2.48. The number of nitrogen functional groups attached to an aromatic ring is 1. The number of fused-ring (bicyclic) bond motifs is 1. The molecule has 0 saturated carbocycles. The largest absolute Gasteiger partial charge is 0.495 e. The van der Waals surface area contributed by atoms with Crippen molar-refractivity contribution in [2.45, 2.75) is 6.92 Å². The second-order valence-corrected chi connectivity index (χ2v) is 5.23. The number of halogens is 1. The highest BCUT2D eigenvalue weighted by atomic mass is 35.5. The molecule has 4 N–H and O–H groups in total. The number of nitrogens with two attached hydrogens (primary N) is 1. The van der Waals surface area contributed by atoms with E-state index in [-0.39, 0.29) is 0 Å². The standard InChI is InChI=1S/C15H15ClN4O/c1-8-3-14(15(21-2)5-10(8)16)19-13-6-12-9(4-11(13)17)7-18-20-12/h3-7,19H,17H2,1-2H3,(H,18,20). The predicted molar refractivity (Wildman–Crippen MR) is 86.5 cm³/mol. The molecule has 0 atom stereocenters. The number of methoxy groups -OCH3 is 1. The van der Waals surface area contributed by atoms with Crippen LogP contribution >= 0.6 is 11.6 Å². The quantitative estimate of drug-likeness (QED) is 0.642. The molecule has 0 aliphatic heterocycles. The number of ether oxygens (including phenoxy) is 1. The Morgan fingerprint density at radius 3 is 2.81 bits per heavy atom. The van der Waals surface area contributed by atoms with Crippen LogP contribution in [0.15, 0.2) is 30.5 Å². The molecule has 0 unspecified atom stereocenters. The average Bonchev–Trinajstić information content (AvgIpc) is 2.90. The van der Waals surface area contributed by atoms with Gasteiger partial charge in [0, 0.05) is 16.5 Å². The first-order valence-corrected chi connectivity index (χ1v) is 6.80. The summed E-state index contributed by atoms with van der Waals surface area (Å²) in [4.78, 5) is 0. The number of rotatable bonds is 3. The molecule has 3 aromatic rings. The van der Waals surface area contributed by atoms with E-state index >= 15 is 0 Å². The summed E-state index contributed by atoms with van der Waals surface area (Å²) in [6.45, 7) is 1.94. The lowest BCUT2D eigenvalue weighted by Gasteiger charge is -2.14. The van der Waals surface area contributed by atoms with E-state index in [1.807, 2.05) is 25.1 Å². The van der Waals surface area contributed by atoms with Crippen molar-refractivity contribution < 1.29 is 4.74 Å². The Hall–Kier alpha value is -2.40. The summed E-state index contributed by atoms with van der Waals surface area (Å²) >= 11 is 6.12. The molecule has 0 aliphatic carbocycles. The summed E-state index contributed by atoms with van der Waals surface area (Å²) in [5, 5.41) is 11.8. The van der Waals surface area contributed by atoms with Crippen molar-refractivity contribution in [3.8, 4) is 5.75 Å².